The van der Waals surface area contributed by atoms with Gasteiger partial charge in [0.15, 0.2) is 5.11 Å². The zero-order valence-corrected chi connectivity index (χ0v) is 21.3. The topological polar surface area (TPSA) is 52.7 Å². The maximum Gasteiger partial charge on any atom is 0.270 e. The van der Waals surface area contributed by atoms with Crippen LogP contribution in [0.4, 0.5) is 11.4 Å². The number of hydrogen-bond donors (Lipinski definition) is 1. The van der Waals surface area contributed by atoms with Gasteiger partial charge in [-0.2, -0.15) is 0 Å². The summed E-state index contributed by atoms with van der Waals surface area (Å²) in [6, 6.07) is 9.57. The highest BCUT2D eigenvalue weighted by atomic mass is 35.5. The summed E-state index contributed by atoms with van der Waals surface area (Å²) < 4.78 is 0. The lowest BCUT2D eigenvalue weighted by Crippen LogP contribution is -2.54. The van der Waals surface area contributed by atoms with Crippen LogP contribution >= 0.6 is 23.8 Å². The first-order chi connectivity index (χ1) is 15.4. The largest absolute Gasteiger partial charge is 0.369 e. The molecular weight excluding hydrogens is 454 g/mol. The Labute approximate surface area is 205 Å². The fourth-order valence-electron chi connectivity index (χ4n) is 4.63. The van der Waals surface area contributed by atoms with Crippen LogP contribution in [0, 0.1) is 13.8 Å². The first kappa shape index (κ1) is 23.5. The number of thiocarbonyl (C=S) groups is 1. The van der Waals surface area contributed by atoms with E-state index in [9.17, 15) is 9.59 Å². The van der Waals surface area contributed by atoms with Gasteiger partial charge < -0.3 is 4.90 Å². The lowest BCUT2D eigenvalue weighted by atomic mass is 9.80. The van der Waals surface area contributed by atoms with E-state index in [1.165, 1.54) is 4.90 Å². The Morgan fingerprint density at radius 3 is 2.52 bits per heavy atom. The minimum Gasteiger partial charge on any atom is -0.369 e. The molecule has 0 saturated carbocycles. The lowest BCUT2D eigenvalue weighted by molar-refractivity contribution is -0.122. The molecule has 1 atom stereocenters. The fourth-order valence-corrected chi connectivity index (χ4v) is 5.12. The van der Waals surface area contributed by atoms with E-state index < -0.39 is 11.8 Å². The quantitative estimate of drug-likeness (QED) is 0.349. The number of amides is 2. The second kappa shape index (κ2) is 8.26. The molecule has 1 unspecified atom stereocenters. The Hall–Kier alpha value is -2.70. The third kappa shape index (κ3) is 4.06. The van der Waals surface area contributed by atoms with E-state index in [0.29, 0.717) is 22.2 Å². The van der Waals surface area contributed by atoms with E-state index in [4.69, 9.17) is 23.8 Å². The minimum absolute atomic E-state index is 0.000764. The van der Waals surface area contributed by atoms with Crippen molar-refractivity contribution >= 4 is 58.2 Å². The Morgan fingerprint density at radius 1 is 1.15 bits per heavy atom. The second-order valence-corrected chi connectivity index (χ2v) is 10.4. The van der Waals surface area contributed by atoms with E-state index >= 15 is 0 Å². The van der Waals surface area contributed by atoms with Crippen molar-refractivity contribution in [1.82, 2.24) is 5.32 Å². The van der Waals surface area contributed by atoms with Crippen molar-refractivity contribution < 1.29 is 9.59 Å². The van der Waals surface area contributed by atoms with Crippen molar-refractivity contribution in [2.24, 2.45) is 0 Å². The molecule has 2 amide bonds. The summed E-state index contributed by atoms with van der Waals surface area (Å²) in [6.45, 7) is 10.6. The van der Waals surface area contributed by atoms with Gasteiger partial charge in [0, 0.05) is 23.3 Å². The van der Waals surface area contributed by atoms with Gasteiger partial charge in [0.1, 0.15) is 5.57 Å². The van der Waals surface area contributed by atoms with Crippen LogP contribution in [0.25, 0.3) is 6.08 Å². The highest BCUT2D eigenvalue weighted by Crippen LogP contribution is 2.44. The normalized spacial score (nSPS) is 21.4. The average molecular weight is 482 g/mol. The molecule has 1 fully saturated rings. The van der Waals surface area contributed by atoms with Gasteiger partial charge in [0.2, 0.25) is 0 Å². The Morgan fingerprint density at radius 2 is 1.85 bits per heavy atom. The number of nitrogens with zero attached hydrogens (tertiary/aromatic N) is 2. The lowest BCUT2D eigenvalue weighted by Gasteiger charge is -2.45. The van der Waals surface area contributed by atoms with Gasteiger partial charge in [0.25, 0.3) is 11.8 Å². The van der Waals surface area contributed by atoms with Crippen LogP contribution in [0.3, 0.4) is 0 Å². The average Bonchev–Trinajstić information content (AvgIpc) is 2.72. The zero-order valence-electron chi connectivity index (χ0n) is 19.7. The molecule has 2 aromatic carbocycles. The van der Waals surface area contributed by atoms with E-state index in [1.54, 1.807) is 6.08 Å². The summed E-state index contributed by atoms with van der Waals surface area (Å²) >= 11 is 12.0. The van der Waals surface area contributed by atoms with Gasteiger partial charge in [-0.05, 0) is 105 Å². The maximum absolute atomic E-state index is 13.4. The highest BCUT2D eigenvalue weighted by Gasteiger charge is 2.36. The molecule has 0 aliphatic carbocycles. The highest BCUT2D eigenvalue weighted by molar-refractivity contribution is 7.80. The SMILES string of the molecule is Cc1ccc(N2C(=O)/C(=C/c3cc4c(cc3Cl)N(C)C(C)(C)CC4C)C(=O)NC2=S)cc1C. The summed E-state index contributed by atoms with van der Waals surface area (Å²) in [4.78, 5) is 29.8. The fraction of sp³-hybridized carbons (Fsp3) is 0.346. The zero-order chi connectivity index (χ0) is 24.2. The number of fused-ring (bicyclic) bond motifs is 1. The van der Waals surface area contributed by atoms with E-state index in [-0.39, 0.29) is 16.2 Å². The molecule has 33 heavy (non-hydrogen) atoms. The molecule has 2 aliphatic rings. The van der Waals surface area contributed by atoms with Crippen molar-refractivity contribution in [2.45, 2.75) is 52.5 Å². The standard InChI is InChI=1S/C26H28ClN3O2S/c1-14-7-8-18(9-15(14)2)30-24(32)20(23(31)28-25(30)33)11-17-10-19-16(3)13-26(4,5)29(6)22(19)12-21(17)27/h7-12,16H,13H2,1-6H3,(H,28,31,33)/b20-11+. The van der Waals surface area contributed by atoms with Crippen LogP contribution in [0.1, 0.15) is 55.4 Å². The van der Waals surface area contributed by atoms with Crippen LogP contribution in [0.15, 0.2) is 35.9 Å². The molecule has 2 heterocycles. The number of aryl methyl sites for hydroxylation is 2. The van der Waals surface area contributed by atoms with E-state index in [0.717, 1.165) is 28.8 Å². The molecule has 0 bridgehead atoms. The third-order valence-electron chi connectivity index (χ3n) is 6.90. The Balaban J connectivity index is 1.77. The Bertz CT molecular complexity index is 1230. The van der Waals surface area contributed by atoms with Gasteiger partial charge in [-0.3, -0.25) is 19.8 Å². The number of nitrogens with one attached hydrogen (secondary N) is 1. The summed E-state index contributed by atoms with van der Waals surface area (Å²) in [5.41, 5.74) is 5.63. The number of carbonyl (C=O) groups excluding carboxylic acids is 2. The van der Waals surface area contributed by atoms with Crippen LogP contribution in [-0.2, 0) is 9.59 Å². The van der Waals surface area contributed by atoms with Gasteiger partial charge >= 0.3 is 0 Å². The number of rotatable bonds is 2. The number of halogens is 1. The van der Waals surface area contributed by atoms with Gasteiger partial charge in [0.05, 0.1) is 5.69 Å². The van der Waals surface area contributed by atoms with Gasteiger partial charge in [-0.25, -0.2) is 0 Å². The van der Waals surface area contributed by atoms with Gasteiger partial charge in [-0.15, -0.1) is 0 Å². The second-order valence-electron chi connectivity index (χ2n) is 9.64. The monoisotopic (exact) mass is 481 g/mol. The summed E-state index contributed by atoms with van der Waals surface area (Å²) in [5, 5.41) is 3.21. The molecule has 0 spiro atoms. The molecule has 1 N–H and O–H groups in total. The molecule has 0 aromatic heterocycles. The molecule has 0 radical (unpaired) electrons. The number of anilines is 2. The molecule has 2 aromatic rings. The van der Waals surface area contributed by atoms with Crippen LogP contribution in [0.5, 0.6) is 0 Å². The molecule has 5 nitrogen and oxygen atoms in total. The van der Waals surface area contributed by atoms with Crippen LogP contribution in [0.2, 0.25) is 5.02 Å². The van der Waals surface area contributed by atoms with Crippen molar-refractivity contribution in [3.05, 3.63) is 63.2 Å². The summed E-state index contributed by atoms with van der Waals surface area (Å²) in [6.07, 6.45) is 2.56. The van der Waals surface area contributed by atoms with Crippen molar-refractivity contribution in [2.75, 3.05) is 16.8 Å². The van der Waals surface area contributed by atoms with Crippen molar-refractivity contribution in [3.63, 3.8) is 0 Å². The molecule has 4 rings (SSSR count). The number of carbonyl (C=O) groups is 2. The molecule has 1 saturated heterocycles. The smallest absolute Gasteiger partial charge is 0.270 e. The van der Waals surface area contributed by atoms with Crippen molar-refractivity contribution in [1.29, 1.82) is 0 Å². The van der Waals surface area contributed by atoms with E-state index in [2.05, 4.69) is 38.0 Å². The first-order valence-electron chi connectivity index (χ1n) is 11.0. The molecule has 7 heteroatoms. The summed E-state index contributed by atoms with van der Waals surface area (Å²) in [7, 11) is 2.07. The number of benzene rings is 2. The maximum atomic E-state index is 13.4. The molecular formula is C26H28ClN3O2S. The predicted molar refractivity (Wildman–Crippen MR) is 139 cm³/mol. The van der Waals surface area contributed by atoms with Crippen LogP contribution < -0.4 is 15.1 Å². The van der Waals surface area contributed by atoms with Crippen LogP contribution in [-0.4, -0.2) is 29.5 Å². The molecule has 172 valence electrons. The molecule has 2 aliphatic heterocycles. The predicted octanol–water partition coefficient (Wildman–Crippen LogP) is 5.51. The van der Waals surface area contributed by atoms with E-state index in [1.807, 2.05) is 44.2 Å². The summed E-state index contributed by atoms with van der Waals surface area (Å²) in [5.74, 6) is -0.673. The Kier molecular flexibility index (Phi) is 5.87. The minimum atomic E-state index is -0.523. The van der Waals surface area contributed by atoms with Crippen molar-refractivity contribution in [3.8, 4) is 0 Å². The first-order valence-corrected chi connectivity index (χ1v) is 11.8. The van der Waals surface area contributed by atoms with Gasteiger partial charge in [-0.1, -0.05) is 24.6 Å². The third-order valence-corrected chi connectivity index (χ3v) is 7.51. The number of hydrogen-bond acceptors (Lipinski definition) is 4.